The molecule has 0 fully saturated rings. The van der Waals surface area contributed by atoms with Gasteiger partial charge in [0.1, 0.15) is 5.82 Å². The minimum absolute atomic E-state index is 0.0348. The van der Waals surface area contributed by atoms with E-state index >= 15 is 0 Å². The van der Waals surface area contributed by atoms with Crippen LogP contribution in [-0.2, 0) is 11.8 Å². The average molecular weight is 328 g/mol. The van der Waals surface area contributed by atoms with Gasteiger partial charge in [-0.2, -0.15) is 5.10 Å². The second-order valence-electron chi connectivity index (χ2n) is 4.48. The molecule has 1 aliphatic rings. The minimum Gasteiger partial charge on any atom is -0.310 e. The van der Waals surface area contributed by atoms with E-state index in [1.807, 2.05) is 6.07 Å². The number of hydrogen-bond acceptors (Lipinski definition) is 3. The molecule has 1 atom stereocenters. The number of aromatic nitrogens is 2. The van der Waals surface area contributed by atoms with Gasteiger partial charge < -0.3 is 5.32 Å². The first-order valence-electron chi connectivity index (χ1n) is 5.94. The van der Waals surface area contributed by atoms with Crippen molar-refractivity contribution in [1.29, 1.82) is 0 Å². The Balaban J connectivity index is 2.11. The second-order valence-corrected chi connectivity index (χ2v) is 6.41. The van der Waals surface area contributed by atoms with Crippen molar-refractivity contribution < 1.29 is 4.79 Å². The van der Waals surface area contributed by atoms with E-state index in [1.165, 1.54) is 11.8 Å². The van der Waals surface area contributed by atoms with Crippen LogP contribution in [0.2, 0.25) is 10.0 Å². The summed E-state index contributed by atoms with van der Waals surface area (Å²) in [5.41, 5.74) is 1.89. The van der Waals surface area contributed by atoms with E-state index in [0.29, 0.717) is 15.8 Å². The van der Waals surface area contributed by atoms with Gasteiger partial charge >= 0.3 is 0 Å². The van der Waals surface area contributed by atoms with E-state index in [0.717, 1.165) is 16.9 Å². The van der Waals surface area contributed by atoms with E-state index in [4.69, 9.17) is 23.2 Å². The van der Waals surface area contributed by atoms with Crippen molar-refractivity contribution in [3.63, 3.8) is 0 Å². The van der Waals surface area contributed by atoms with Crippen LogP contribution in [0, 0.1) is 0 Å². The molecular formula is C13H11Cl2N3OS. The lowest BCUT2D eigenvalue weighted by Gasteiger charge is -2.15. The van der Waals surface area contributed by atoms with Crippen molar-refractivity contribution in [2.75, 3.05) is 11.1 Å². The van der Waals surface area contributed by atoms with Crippen LogP contribution in [0.3, 0.4) is 0 Å². The van der Waals surface area contributed by atoms with Crippen LogP contribution < -0.4 is 5.32 Å². The average Bonchev–Trinajstić information content (AvgIpc) is 2.65. The summed E-state index contributed by atoms with van der Waals surface area (Å²) in [7, 11) is 1.80. The molecule has 0 saturated heterocycles. The van der Waals surface area contributed by atoms with Gasteiger partial charge in [-0.05, 0) is 17.7 Å². The van der Waals surface area contributed by atoms with Crippen LogP contribution in [-0.4, -0.2) is 21.4 Å². The fraction of sp³-hybridized carbons (Fsp3) is 0.231. The number of anilines is 1. The number of nitrogens with one attached hydrogen (secondary N) is 1. The van der Waals surface area contributed by atoms with Crippen LogP contribution in [0.4, 0.5) is 5.82 Å². The molecule has 3 rings (SSSR count). The SMILES string of the molecule is Cn1ncc2c1NC(=O)CS[C@H]2c1ccc(Cl)cc1Cl. The van der Waals surface area contributed by atoms with E-state index in [2.05, 4.69) is 10.4 Å². The lowest BCUT2D eigenvalue weighted by molar-refractivity contribution is -0.113. The third-order valence-electron chi connectivity index (χ3n) is 3.13. The number of carbonyl (C=O) groups excluding carboxylic acids is 1. The van der Waals surface area contributed by atoms with Crippen molar-refractivity contribution in [3.8, 4) is 0 Å². The van der Waals surface area contributed by atoms with Gasteiger partial charge in [-0.25, -0.2) is 0 Å². The van der Waals surface area contributed by atoms with Crippen LogP contribution in [0.15, 0.2) is 24.4 Å². The molecule has 1 amide bonds. The first-order valence-corrected chi connectivity index (χ1v) is 7.75. The highest BCUT2D eigenvalue weighted by atomic mass is 35.5. The number of nitrogens with zero attached hydrogens (tertiary/aromatic N) is 2. The van der Waals surface area contributed by atoms with Gasteiger partial charge in [-0.1, -0.05) is 29.3 Å². The predicted octanol–water partition coefficient (Wildman–Crippen LogP) is 3.50. The van der Waals surface area contributed by atoms with Gasteiger partial charge in [-0.3, -0.25) is 9.48 Å². The zero-order valence-electron chi connectivity index (χ0n) is 10.6. The number of benzene rings is 1. The Hall–Kier alpha value is -1.17. The molecule has 2 aromatic rings. The van der Waals surface area contributed by atoms with Gasteiger partial charge in [0.25, 0.3) is 0 Å². The maximum atomic E-state index is 11.8. The Morgan fingerprint density at radius 2 is 2.20 bits per heavy atom. The van der Waals surface area contributed by atoms with Gasteiger partial charge in [0, 0.05) is 22.7 Å². The summed E-state index contributed by atoms with van der Waals surface area (Å²) in [5, 5.41) is 8.24. The van der Waals surface area contributed by atoms with Crippen LogP contribution in [0.25, 0.3) is 0 Å². The van der Waals surface area contributed by atoms with E-state index in [9.17, 15) is 4.79 Å². The molecule has 0 bridgehead atoms. The number of thioether (sulfide) groups is 1. The van der Waals surface area contributed by atoms with Crippen molar-refractivity contribution in [3.05, 3.63) is 45.6 Å². The minimum atomic E-state index is -0.0394. The van der Waals surface area contributed by atoms with Crippen molar-refractivity contribution in [2.24, 2.45) is 7.05 Å². The Labute approximate surface area is 130 Å². The first kappa shape index (κ1) is 13.8. The number of fused-ring (bicyclic) bond motifs is 1. The Bertz CT molecular complexity index is 686. The third kappa shape index (κ3) is 2.41. The molecule has 1 aromatic heterocycles. The van der Waals surface area contributed by atoms with E-state index in [1.54, 1.807) is 30.1 Å². The number of rotatable bonds is 1. The number of hydrogen-bond donors (Lipinski definition) is 1. The van der Waals surface area contributed by atoms with Gasteiger partial charge in [0.15, 0.2) is 0 Å². The van der Waals surface area contributed by atoms with E-state index < -0.39 is 0 Å². The molecule has 1 aliphatic heterocycles. The molecule has 0 radical (unpaired) electrons. The van der Waals surface area contributed by atoms with Gasteiger partial charge in [0.05, 0.1) is 17.2 Å². The van der Waals surface area contributed by atoms with E-state index in [-0.39, 0.29) is 11.2 Å². The maximum Gasteiger partial charge on any atom is 0.235 e. The molecule has 0 unspecified atom stereocenters. The molecule has 0 saturated carbocycles. The largest absolute Gasteiger partial charge is 0.310 e. The van der Waals surface area contributed by atoms with Crippen LogP contribution in [0.5, 0.6) is 0 Å². The fourth-order valence-corrected chi connectivity index (χ4v) is 3.90. The summed E-state index contributed by atoms with van der Waals surface area (Å²) in [4.78, 5) is 11.8. The summed E-state index contributed by atoms with van der Waals surface area (Å²) in [6.07, 6.45) is 1.77. The molecule has 104 valence electrons. The standard InChI is InChI=1S/C13H11Cl2N3OS/c1-18-13-9(5-16-18)12(20-6-11(19)17-13)8-3-2-7(14)4-10(8)15/h2-5,12H,6H2,1H3,(H,17,19)/t12-/m0/s1. The molecule has 1 N–H and O–H groups in total. The number of carbonyl (C=O) groups is 1. The maximum absolute atomic E-state index is 11.8. The lowest BCUT2D eigenvalue weighted by Crippen LogP contribution is -2.15. The normalized spacial score (nSPS) is 18.4. The molecule has 7 heteroatoms. The van der Waals surface area contributed by atoms with Crippen molar-refractivity contribution >= 4 is 46.7 Å². The molecule has 20 heavy (non-hydrogen) atoms. The highest BCUT2D eigenvalue weighted by molar-refractivity contribution is 8.00. The summed E-state index contributed by atoms with van der Waals surface area (Å²) >= 11 is 13.8. The molecule has 0 aliphatic carbocycles. The Kier molecular flexibility index (Phi) is 3.67. The summed E-state index contributed by atoms with van der Waals surface area (Å²) in [6, 6.07) is 5.42. The topological polar surface area (TPSA) is 46.9 Å². The highest BCUT2D eigenvalue weighted by Crippen LogP contribution is 2.43. The zero-order chi connectivity index (χ0) is 14.3. The van der Waals surface area contributed by atoms with Crippen molar-refractivity contribution in [1.82, 2.24) is 9.78 Å². The first-order chi connectivity index (χ1) is 9.56. The molecule has 2 heterocycles. The number of amides is 1. The fourth-order valence-electron chi connectivity index (χ4n) is 2.19. The van der Waals surface area contributed by atoms with Crippen LogP contribution in [0.1, 0.15) is 16.4 Å². The summed E-state index contributed by atoms with van der Waals surface area (Å²) in [6.45, 7) is 0. The molecule has 0 spiro atoms. The smallest absolute Gasteiger partial charge is 0.235 e. The Morgan fingerprint density at radius 3 is 2.95 bits per heavy atom. The van der Waals surface area contributed by atoms with Gasteiger partial charge in [0.2, 0.25) is 5.91 Å². The summed E-state index contributed by atoms with van der Waals surface area (Å²) < 4.78 is 1.66. The number of aryl methyl sites for hydroxylation is 1. The zero-order valence-corrected chi connectivity index (χ0v) is 12.9. The number of halogens is 2. The lowest BCUT2D eigenvalue weighted by atomic mass is 10.1. The van der Waals surface area contributed by atoms with Crippen molar-refractivity contribution in [2.45, 2.75) is 5.25 Å². The molecule has 4 nitrogen and oxygen atoms in total. The predicted molar refractivity (Wildman–Crippen MR) is 82.6 cm³/mol. The highest BCUT2D eigenvalue weighted by Gasteiger charge is 2.28. The quantitative estimate of drug-likeness (QED) is 0.871. The van der Waals surface area contributed by atoms with Crippen LogP contribution >= 0.6 is 35.0 Å². The third-order valence-corrected chi connectivity index (χ3v) is 4.97. The van der Waals surface area contributed by atoms with Gasteiger partial charge in [-0.15, -0.1) is 11.8 Å². The Morgan fingerprint density at radius 1 is 1.40 bits per heavy atom. The monoisotopic (exact) mass is 327 g/mol. The molecular weight excluding hydrogens is 317 g/mol. The summed E-state index contributed by atoms with van der Waals surface area (Å²) in [5.74, 6) is 1.06. The molecule has 1 aromatic carbocycles. The second kappa shape index (κ2) is 5.31.